The molecule has 0 atom stereocenters. The molecule has 2 heterocycles. The molecule has 1 saturated carbocycles. The lowest BCUT2D eigenvalue weighted by Crippen LogP contribution is -2.42. The van der Waals surface area contributed by atoms with E-state index in [9.17, 15) is 19.5 Å². The summed E-state index contributed by atoms with van der Waals surface area (Å²) in [6, 6.07) is 6.85. The third-order valence-electron chi connectivity index (χ3n) is 6.68. The zero-order chi connectivity index (χ0) is 26.7. The zero-order valence-electron chi connectivity index (χ0n) is 21.3. The van der Waals surface area contributed by atoms with E-state index in [2.05, 4.69) is 17.2 Å². The van der Waals surface area contributed by atoms with Crippen LogP contribution in [-0.2, 0) is 4.79 Å². The number of carbonyl (C=O) groups is 3. The molecular formula is C27H31N3O5S2. The Hall–Kier alpha value is -3.24. The summed E-state index contributed by atoms with van der Waals surface area (Å²) < 4.78 is 5.51. The molecule has 2 N–H and O–H groups in total. The fourth-order valence-electron chi connectivity index (χ4n) is 4.67. The molecule has 0 saturated heterocycles. The van der Waals surface area contributed by atoms with Crippen molar-refractivity contribution in [2.75, 3.05) is 17.3 Å². The Morgan fingerprint density at radius 2 is 1.89 bits per heavy atom. The lowest BCUT2D eigenvalue weighted by atomic mass is 9.82. The van der Waals surface area contributed by atoms with Crippen molar-refractivity contribution in [3.63, 3.8) is 0 Å². The largest absolute Gasteiger partial charge is 0.495 e. The van der Waals surface area contributed by atoms with Crippen LogP contribution in [-0.4, -0.2) is 41.0 Å². The molecule has 2 aromatic heterocycles. The minimum atomic E-state index is -1.07. The molecule has 8 nitrogen and oxygen atoms in total. The number of methoxy groups -OCH3 is 1. The van der Waals surface area contributed by atoms with Crippen molar-refractivity contribution in [2.24, 2.45) is 11.8 Å². The normalized spacial score (nSPS) is 17.4. The molecule has 0 unspecified atom stereocenters. The van der Waals surface area contributed by atoms with E-state index >= 15 is 0 Å². The SMILES string of the molecule is COc1cc(-c2cc(N(C(=O)C3CCC(C)CC3)C(C)C)c(C(=O)O)s2)ccc1NC(=O)c1cscn1. The number of carboxylic acids is 1. The summed E-state index contributed by atoms with van der Waals surface area (Å²) in [4.78, 5) is 44.8. The minimum absolute atomic E-state index is 0.00793. The quantitative estimate of drug-likeness (QED) is 0.342. The fourth-order valence-corrected chi connectivity index (χ4v) is 6.19. The van der Waals surface area contributed by atoms with E-state index in [0.717, 1.165) is 42.6 Å². The van der Waals surface area contributed by atoms with Gasteiger partial charge >= 0.3 is 5.97 Å². The van der Waals surface area contributed by atoms with Gasteiger partial charge in [0.1, 0.15) is 16.3 Å². The number of aromatic nitrogens is 1. The second kappa shape index (κ2) is 11.4. The third kappa shape index (κ3) is 5.86. The maximum absolute atomic E-state index is 13.6. The van der Waals surface area contributed by atoms with Crippen LogP contribution in [0.2, 0.25) is 0 Å². The number of ether oxygens (including phenoxy) is 1. The van der Waals surface area contributed by atoms with Crippen molar-refractivity contribution in [2.45, 2.75) is 52.5 Å². The summed E-state index contributed by atoms with van der Waals surface area (Å²) in [5, 5.41) is 14.5. The third-order valence-corrected chi connectivity index (χ3v) is 8.43. The van der Waals surface area contributed by atoms with Crippen LogP contribution in [0.4, 0.5) is 11.4 Å². The molecule has 0 aliphatic heterocycles. The van der Waals surface area contributed by atoms with E-state index in [4.69, 9.17) is 4.74 Å². The molecule has 0 bridgehead atoms. The average Bonchev–Trinajstić information content (AvgIpc) is 3.56. The second-order valence-electron chi connectivity index (χ2n) is 9.63. The van der Waals surface area contributed by atoms with Crippen molar-refractivity contribution in [1.82, 2.24) is 4.98 Å². The Morgan fingerprint density at radius 1 is 1.16 bits per heavy atom. The van der Waals surface area contributed by atoms with Crippen LogP contribution in [0.25, 0.3) is 10.4 Å². The highest BCUT2D eigenvalue weighted by Gasteiger charge is 2.33. The van der Waals surface area contributed by atoms with Crippen molar-refractivity contribution >= 4 is 51.8 Å². The first kappa shape index (κ1) is 26.8. The van der Waals surface area contributed by atoms with Crippen molar-refractivity contribution in [3.05, 3.63) is 45.7 Å². The van der Waals surface area contributed by atoms with Crippen LogP contribution in [0.5, 0.6) is 5.75 Å². The number of carboxylic acid groups (broad SMARTS) is 1. The van der Waals surface area contributed by atoms with Gasteiger partial charge in [0, 0.05) is 22.2 Å². The maximum Gasteiger partial charge on any atom is 0.348 e. The van der Waals surface area contributed by atoms with Gasteiger partial charge in [-0.25, -0.2) is 9.78 Å². The molecule has 2 amide bonds. The first-order valence-electron chi connectivity index (χ1n) is 12.3. The van der Waals surface area contributed by atoms with Crippen LogP contribution in [0.15, 0.2) is 35.2 Å². The molecule has 3 aromatic rings. The van der Waals surface area contributed by atoms with Crippen LogP contribution < -0.4 is 15.0 Å². The Labute approximate surface area is 224 Å². The Kier molecular flexibility index (Phi) is 8.29. The summed E-state index contributed by atoms with van der Waals surface area (Å²) in [7, 11) is 1.50. The summed E-state index contributed by atoms with van der Waals surface area (Å²) in [5.74, 6) is -0.469. The number of hydrogen-bond acceptors (Lipinski definition) is 7. The first-order chi connectivity index (χ1) is 17.7. The van der Waals surface area contributed by atoms with Gasteiger partial charge in [0.2, 0.25) is 5.91 Å². The Bertz CT molecular complexity index is 1280. The highest BCUT2D eigenvalue weighted by molar-refractivity contribution is 7.18. The molecule has 0 spiro atoms. The second-order valence-corrected chi connectivity index (χ2v) is 11.4. The maximum atomic E-state index is 13.6. The first-order valence-corrected chi connectivity index (χ1v) is 14.0. The number of thiophene rings is 1. The number of nitrogens with zero attached hydrogens (tertiary/aromatic N) is 2. The summed E-state index contributed by atoms with van der Waals surface area (Å²) in [6.45, 7) is 6.03. The summed E-state index contributed by atoms with van der Waals surface area (Å²) in [6.07, 6.45) is 3.67. The number of benzene rings is 1. The van der Waals surface area contributed by atoms with Crippen LogP contribution in [0.3, 0.4) is 0 Å². The van der Waals surface area contributed by atoms with Crippen LogP contribution in [0.1, 0.15) is 66.6 Å². The van der Waals surface area contributed by atoms with E-state index < -0.39 is 5.97 Å². The van der Waals surface area contributed by atoms with E-state index in [1.807, 2.05) is 13.8 Å². The molecule has 1 fully saturated rings. The van der Waals surface area contributed by atoms with Gasteiger partial charge in [-0.15, -0.1) is 22.7 Å². The molecule has 4 rings (SSSR count). The predicted octanol–water partition coefficient (Wildman–Crippen LogP) is 6.40. The number of rotatable bonds is 8. The van der Waals surface area contributed by atoms with Gasteiger partial charge in [-0.2, -0.15) is 0 Å². The van der Waals surface area contributed by atoms with E-state index in [0.29, 0.717) is 33.6 Å². The average molecular weight is 542 g/mol. The van der Waals surface area contributed by atoms with Gasteiger partial charge in [-0.05, 0) is 69.2 Å². The van der Waals surface area contributed by atoms with Gasteiger partial charge in [0.25, 0.3) is 5.91 Å². The highest BCUT2D eigenvalue weighted by atomic mass is 32.1. The number of nitrogens with one attached hydrogen (secondary N) is 1. The van der Waals surface area contributed by atoms with Crippen molar-refractivity contribution < 1.29 is 24.2 Å². The molecule has 37 heavy (non-hydrogen) atoms. The molecule has 1 aliphatic carbocycles. The monoisotopic (exact) mass is 541 g/mol. The number of thiazole rings is 1. The van der Waals surface area contributed by atoms with Crippen molar-refractivity contribution in [1.29, 1.82) is 0 Å². The zero-order valence-corrected chi connectivity index (χ0v) is 22.9. The number of hydrogen-bond donors (Lipinski definition) is 2. The number of carbonyl (C=O) groups excluding carboxylic acids is 2. The van der Waals surface area contributed by atoms with Gasteiger partial charge < -0.3 is 20.1 Å². The molecule has 1 aromatic carbocycles. The van der Waals surface area contributed by atoms with Crippen LogP contribution >= 0.6 is 22.7 Å². The Balaban J connectivity index is 1.66. The Morgan fingerprint density at radius 3 is 2.49 bits per heavy atom. The number of anilines is 2. The molecule has 1 aliphatic rings. The molecule has 10 heteroatoms. The van der Waals surface area contributed by atoms with Gasteiger partial charge in [-0.1, -0.05) is 13.0 Å². The fraction of sp³-hybridized carbons (Fsp3) is 0.407. The lowest BCUT2D eigenvalue weighted by molar-refractivity contribution is -0.123. The number of amides is 2. The lowest BCUT2D eigenvalue weighted by Gasteiger charge is -2.33. The topological polar surface area (TPSA) is 109 Å². The van der Waals surface area contributed by atoms with E-state index in [1.165, 1.54) is 18.4 Å². The summed E-state index contributed by atoms with van der Waals surface area (Å²) >= 11 is 2.45. The van der Waals surface area contributed by atoms with Crippen LogP contribution in [0, 0.1) is 11.8 Å². The van der Waals surface area contributed by atoms with E-state index in [-0.39, 0.29) is 28.7 Å². The standard InChI is InChI=1S/C27H31N3O5S2/c1-15(2)30(26(32)17-7-5-16(3)6-8-17)21-12-23(37-24(21)27(33)34)18-9-10-19(22(11-18)35-4)29-25(31)20-13-36-14-28-20/h9-17H,5-8H2,1-4H3,(H,29,31)(H,33,34). The van der Waals surface area contributed by atoms with E-state index in [1.54, 1.807) is 40.1 Å². The molecule has 196 valence electrons. The summed E-state index contributed by atoms with van der Waals surface area (Å²) in [5.41, 5.74) is 3.53. The van der Waals surface area contributed by atoms with Crippen molar-refractivity contribution in [3.8, 4) is 16.2 Å². The minimum Gasteiger partial charge on any atom is -0.495 e. The van der Waals surface area contributed by atoms with Gasteiger partial charge in [-0.3, -0.25) is 9.59 Å². The molecule has 0 radical (unpaired) electrons. The molecular weight excluding hydrogens is 510 g/mol. The number of aromatic carboxylic acids is 1. The highest BCUT2D eigenvalue weighted by Crippen LogP contribution is 2.41. The smallest absolute Gasteiger partial charge is 0.348 e. The van der Waals surface area contributed by atoms with Gasteiger partial charge in [0.15, 0.2) is 0 Å². The predicted molar refractivity (Wildman–Crippen MR) is 147 cm³/mol. The van der Waals surface area contributed by atoms with Gasteiger partial charge in [0.05, 0.1) is 24.0 Å².